The molecule has 3 rings (SSSR count). The van der Waals surface area contributed by atoms with Crippen LogP contribution in [0.3, 0.4) is 0 Å². The fraction of sp³-hybridized carbons (Fsp3) is 0.444. The molecule has 0 radical (unpaired) electrons. The molecule has 0 saturated carbocycles. The minimum Gasteiger partial charge on any atom is -0.384 e. The fourth-order valence-corrected chi connectivity index (χ4v) is 3.17. The van der Waals surface area contributed by atoms with Gasteiger partial charge in [0.1, 0.15) is 0 Å². The van der Waals surface area contributed by atoms with Gasteiger partial charge in [0, 0.05) is 44.2 Å². The lowest BCUT2D eigenvalue weighted by Crippen LogP contribution is -2.43. The predicted octanol–water partition coefficient (Wildman–Crippen LogP) is 3.07. The van der Waals surface area contributed by atoms with E-state index in [0.717, 1.165) is 42.9 Å². The van der Waals surface area contributed by atoms with Crippen molar-refractivity contribution < 1.29 is 9.53 Å². The predicted molar refractivity (Wildman–Crippen MR) is 93.5 cm³/mol. The maximum Gasteiger partial charge on any atom is 0.321 e. The molecule has 1 aliphatic rings. The number of anilines is 1. The minimum absolute atomic E-state index is 0.0363. The molecule has 1 N–H and O–H groups in total. The van der Waals surface area contributed by atoms with Crippen LogP contribution in [0.1, 0.15) is 18.4 Å². The number of methoxy groups -OCH3 is 1. The van der Waals surface area contributed by atoms with Gasteiger partial charge in [-0.2, -0.15) is 5.10 Å². The zero-order chi connectivity index (χ0) is 16.9. The van der Waals surface area contributed by atoms with Gasteiger partial charge in [-0.1, -0.05) is 0 Å². The monoisotopic (exact) mass is 328 g/mol. The van der Waals surface area contributed by atoms with Crippen LogP contribution in [-0.2, 0) is 4.74 Å². The second-order valence-electron chi connectivity index (χ2n) is 6.29. The van der Waals surface area contributed by atoms with Gasteiger partial charge in [0.2, 0.25) is 0 Å². The quantitative estimate of drug-likeness (QED) is 0.938. The van der Waals surface area contributed by atoms with Crippen LogP contribution in [0.25, 0.3) is 5.69 Å². The van der Waals surface area contributed by atoms with E-state index in [0.29, 0.717) is 12.5 Å². The number of nitrogens with one attached hydrogen (secondary N) is 1. The summed E-state index contributed by atoms with van der Waals surface area (Å²) in [5.74, 6) is 0.429. The minimum atomic E-state index is -0.0363. The van der Waals surface area contributed by atoms with Crippen LogP contribution >= 0.6 is 0 Å². The van der Waals surface area contributed by atoms with Gasteiger partial charge in [-0.15, -0.1) is 0 Å². The van der Waals surface area contributed by atoms with Crippen LogP contribution in [0.4, 0.5) is 10.5 Å². The third-order valence-electron chi connectivity index (χ3n) is 4.43. The van der Waals surface area contributed by atoms with Gasteiger partial charge in [0.15, 0.2) is 0 Å². The van der Waals surface area contributed by atoms with Crippen molar-refractivity contribution in [3.05, 3.63) is 42.2 Å². The summed E-state index contributed by atoms with van der Waals surface area (Å²) in [5.41, 5.74) is 2.83. The summed E-state index contributed by atoms with van der Waals surface area (Å²) in [7, 11) is 1.71. The Morgan fingerprint density at radius 2 is 2.33 bits per heavy atom. The summed E-state index contributed by atoms with van der Waals surface area (Å²) in [6.45, 7) is 4.26. The number of piperidine rings is 1. The van der Waals surface area contributed by atoms with Crippen LogP contribution in [-0.4, -0.2) is 47.5 Å². The average molecular weight is 328 g/mol. The smallest absolute Gasteiger partial charge is 0.321 e. The van der Waals surface area contributed by atoms with Gasteiger partial charge in [-0.05, 0) is 49.6 Å². The Kier molecular flexibility index (Phi) is 5.15. The number of carbonyl (C=O) groups is 1. The van der Waals surface area contributed by atoms with Gasteiger partial charge in [-0.25, -0.2) is 9.48 Å². The van der Waals surface area contributed by atoms with E-state index in [1.165, 1.54) is 0 Å². The molecule has 2 amide bonds. The first-order chi connectivity index (χ1) is 11.7. The number of benzene rings is 1. The van der Waals surface area contributed by atoms with E-state index in [1.54, 1.807) is 18.0 Å². The molecule has 6 nitrogen and oxygen atoms in total. The van der Waals surface area contributed by atoms with Crippen LogP contribution in [0.15, 0.2) is 36.7 Å². The van der Waals surface area contributed by atoms with Crippen molar-refractivity contribution in [3.63, 3.8) is 0 Å². The summed E-state index contributed by atoms with van der Waals surface area (Å²) >= 11 is 0. The third-order valence-corrected chi connectivity index (χ3v) is 4.43. The lowest BCUT2D eigenvalue weighted by atomic mass is 9.99. The van der Waals surface area contributed by atoms with Crippen molar-refractivity contribution in [2.75, 3.05) is 32.1 Å². The number of carbonyl (C=O) groups excluding carboxylic acids is 1. The first kappa shape index (κ1) is 16.5. The van der Waals surface area contributed by atoms with Gasteiger partial charge in [-0.3, -0.25) is 0 Å². The Labute approximate surface area is 142 Å². The molecular formula is C18H24N4O2. The third kappa shape index (κ3) is 3.76. The normalized spacial score (nSPS) is 17.8. The molecule has 1 aromatic heterocycles. The number of urea groups is 1. The summed E-state index contributed by atoms with van der Waals surface area (Å²) < 4.78 is 7.03. The lowest BCUT2D eigenvalue weighted by molar-refractivity contribution is 0.104. The molecule has 1 aliphatic heterocycles. The van der Waals surface area contributed by atoms with Gasteiger partial charge in [0.25, 0.3) is 0 Å². The average Bonchev–Trinajstić information content (AvgIpc) is 3.12. The summed E-state index contributed by atoms with van der Waals surface area (Å²) in [5, 5.41) is 7.26. The number of rotatable bonds is 4. The first-order valence-corrected chi connectivity index (χ1v) is 8.33. The zero-order valence-electron chi connectivity index (χ0n) is 14.2. The lowest BCUT2D eigenvalue weighted by Gasteiger charge is -2.32. The van der Waals surface area contributed by atoms with E-state index < -0.39 is 0 Å². The Balaban J connectivity index is 1.66. The van der Waals surface area contributed by atoms with Crippen molar-refractivity contribution in [2.45, 2.75) is 19.8 Å². The molecule has 2 aromatic rings. The number of amides is 2. The first-order valence-electron chi connectivity index (χ1n) is 8.33. The molecule has 2 heterocycles. The van der Waals surface area contributed by atoms with Crippen LogP contribution < -0.4 is 5.32 Å². The number of hydrogen-bond donors (Lipinski definition) is 1. The molecule has 1 saturated heterocycles. The van der Waals surface area contributed by atoms with E-state index in [1.807, 2.05) is 42.3 Å². The largest absolute Gasteiger partial charge is 0.384 e. The van der Waals surface area contributed by atoms with E-state index in [2.05, 4.69) is 10.4 Å². The molecule has 0 aliphatic carbocycles. The van der Waals surface area contributed by atoms with Crippen LogP contribution in [0.2, 0.25) is 0 Å². The molecule has 1 fully saturated rings. The van der Waals surface area contributed by atoms with E-state index in [9.17, 15) is 4.79 Å². The Morgan fingerprint density at radius 1 is 1.46 bits per heavy atom. The van der Waals surface area contributed by atoms with Crippen molar-refractivity contribution >= 4 is 11.7 Å². The van der Waals surface area contributed by atoms with Crippen molar-refractivity contribution in [2.24, 2.45) is 5.92 Å². The van der Waals surface area contributed by atoms with E-state index >= 15 is 0 Å². The van der Waals surface area contributed by atoms with E-state index in [-0.39, 0.29) is 6.03 Å². The highest BCUT2D eigenvalue weighted by Crippen LogP contribution is 2.21. The van der Waals surface area contributed by atoms with Gasteiger partial charge < -0.3 is 15.0 Å². The molecule has 24 heavy (non-hydrogen) atoms. The topological polar surface area (TPSA) is 59.4 Å². The molecule has 6 heteroatoms. The summed E-state index contributed by atoms with van der Waals surface area (Å²) in [6, 6.07) is 7.76. The number of aryl methyl sites for hydroxylation is 1. The number of likely N-dealkylation sites (tertiary alicyclic amines) is 1. The summed E-state index contributed by atoms with van der Waals surface area (Å²) in [6.07, 6.45) is 5.79. The van der Waals surface area contributed by atoms with Crippen LogP contribution in [0.5, 0.6) is 0 Å². The highest BCUT2D eigenvalue weighted by atomic mass is 16.5. The van der Waals surface area contributed by atoms with Crippen molar-refractivity contribution in [1.82, 2.24) is 14.7 Å². The second kappa shape index (κ2) is 7.49. The Bertz CT molecular complexity index is 682. The number of nitrogens with zero attached hydrogens (tertiary/aromatic N) is 3. The fourth-order valence-electron chi connectivity index (χ4n) is 3.17. The Hall–Kier alpha value is -2.34. The summed E-state index contributed by atoms with van der Waals surface area (Å²) in [4.78, 5) is 14.4. The Morgan fingerprint density at radius 3 is 3.04 bits per heavy atom. The number of aromatic nitrogens is 2. The molecule has 128 valence electrons. The number of hydrogen-bond acceptors (Lipinski definition) is 3. The van der Waals surface area contributed by atoms with Crippen LogP contribution in [0, 0.1) is 12.8 Å². The molecule has 1 unspecified atom stereocenters. The highest BCUT2D eigenvalue weighted by molar-refractivity contribution is 5.90. The second-order valence-corrected chi connectivity index (χ2v) is 6.29. The number of ether oxygens (including phenoxy) is 1. The molecule has 1 aromatic carbocycles. The van der Waals surface area contributed by atoms with Crippen molar-refractivity contribution in [1.29, 1.82) is 0 Å². The highest BCUT2D eigenvalue weighted by Gasteiger charge is 2.23. The van der Waals surface area contributed by atoms with Crippen molar-refractivity contribution in [3.8, 4) is 5.69 Å². The molecular weight excluding hydrogens is 304 g/mol. The SMILES string of the molecule is COCC1CCCN(C(=O)Nc2ccc(-n3cccn3)cc2C)C1. The maximum atomic E-state index is 12.5. The molecule has 0 bridgehead atoms. The van der Waals surface area contributed by atoms with Gasteiger partial charge >= 0.3 is 6.03 Å². The molecule has 1 atom stereocenters. The molecule has 0 spiro atoms. The standard InChI is InChI=1S/C18H24N4O2/c1-14-11-16(22-10-4-8-19-22)6-7-17(14)20-18(23)21-9-3-5-15(12-21)13-24-2/h4,6-8,10-11,15H,3,5,9,12-13H2,1-2H3,(H,20,23). The van der Waals surface area contributed by atoms with E-state index in [4.69, 9.17) is 4.74 Å². The zero-order valence-corrected chi connectivity index (χ0v) is 14.2. The maximum absolute atomic E-state index is 12.5. The van der Waals surface area contributed by atoms with Gasteiger partial charge in [0.05, 0.1) is 12.3 Å².